The minimum atomic E-state index is -0.358. The fourth-order valence-corrected chi connectivity index (χ4v) is 1.91. The summed E-state index contributed by atoms with van der Waals surface area (Å²) in [6, 6.07) is 4.10. The molecule has 0 aliphatic heterocycles. The number of hydrogen-bond donors (Lipinski definition) is 1. The molecule has 0 spiro atoms. The minimum Gasteiger partial charge on any atom is -0.493 e. The zero-order valence-electron chi connectivity index (χ0n) is 12.2. The summed E-state index contributed by atoms with van der Waals surface area (Å²) in [6.07, 6.45) is 0. The lowest BCUT2D eigenvalue weighted by Crippen LogP contribution is -2.23. The van der Waals surface area contributed by atoms with E-state index in [-0.39, 0.29) is 12.0 Å². The Morgan fingerprint density at radius 2 is 1.78 bits per heavy atom. The zero-order chi connectivity index (χ0) is 13.9. The molecule has 3 heteroatoms. The van der Waals surface area contributed by atoms with Crippen LogP contribution in [0.25, 0.3) is 0 Å². The highest BCUT2D eigenvalue weighted by Gasteiger charge is 2.27. The predicted octanol–water partition coefficient (Wildman–Crippen LogP) is 3.10. The van der Waals surface area contributed by atoms with E-state index in [1.54, 1.807) is 14.2 Å². The normalized spacial score (nSPS) is 11.8. The average Bonchev–Trinajstić information content (AvgIpc) is 2.36. The van der Waals surface area contributed by atoms with Gasteiger partial charge in [0.15, 0.2) is 11.5 Å². The molecule has 1 rings (SSSR count). The molecule has 1 aromatic carbocycles. The van der Waals surface area contributed by atoms with Crippen LogP contribution in [0.5, 0.6) is 11.5 Å². The Bertz CT molecular complexity index is 408. The summed E-state index contributed by atoms with van der Waals surface area (Å²) < 4.78 is 10.9. The number of aliphatic hydroxyl groups is 1. The van der Waals surface area contributed by atoms with Gasteiger partial charge in [0.25, 0.3) is 0 Å². The maximum atomic E-state index is 9.56. The summed E-state index contributed by atoms with van der Waals surface area (Å²) in [5.74, 6) is 1.83. The monoisotopic (exact) mass is 252 g/mol. The molecule has 1 N–H and O–H groups in total. The molecule has 0 radical (unpaired) electrons. The van der Waals surface area contributed by atoms with E-state index in [9.17, 15) is 5.11 Å². The van der Waals surface area contributed by atoms with Crippen LogP contribution in [0, 0.1) is 0 Å². The number of hydrogen-bond acceptors (Lipinski definition) is 3. The van der Waals surface area contributed by atoms with Gasteiger partial charge in [-0.3, -0.25) is 0 Å². The molecular formula is C15H24O3. The van der Waals surface area contributed by atoms with Crippen LogP contribution in [0.4, 0.5) is 0 Å². The van der Waals surface area contributed by atoms with Crippen LogP contribution in [0.3, 0.4) is 0 Å². The molecule has 0 aliphatic carbocycles. The summed E-state index contributed by atoms with van der Waals surface area (Å²) in [5.41, 5.74) is 1.81. The second-order valence-electron chi connectivity index (χ2n) is 5.50. The molecule has 102 valence electrons. The lowest BCUT2D eigenvalue weighted by Gasteiger charge is -2.27. The van der Waals surface area contributed by atoms with E-state index in [4.69, 9.17) is 9.47 Å². The Morgan fingerprint density at radius 3 is 2.17 bits per heavy atom. The van der Waals surface area contributed by atoms with Gasteiger partial charge in [-0.05, 0) is 17.5 Å². The third-order valence-corrected chi connectivity index (χ3v) is 3.29. The summed E-state index contributed by atoms with van der Waals surface area (Å²) >= 11 is 0. The van der Waals surface area contributed by atoms with Crippen molar-refractivity contribution in [1.29, 1.82) is 0 Å². The van der Waals surface area contributed by atoms with Crippen LogP contribution < -0.4 is 9.47 Å². The second kappa shape index (κ2) is 5.61. The third kappa shape index (κ3) is 2.78. The highest BCUT2D eigenvalue weighted by molar-refractivity contribution is 5.53. The maximum absolute atomic E-state index is 9.56. The van der Waals surface area contributed by atoms with E-state index in [0.717, 1.165) is 11.3 Å². The number of aliphatic hydroxyl groups excluding tert-OH is 1. The van der Waals surface area contributed by atoms with Gasteiger partial charge < -0.3 is 14.6 Å². The lowest BCUT2D eigenvalue weighted by atomic mass is 9.82. The molecule has 0 aromatic heterocycles. The summed E-state index contributed by atoms with van der Waals surface area (Å²) in [7, 11) is 3.27. The van der Waals surface area contributed by atoms with Gasteiger partial charge in [-0.25, -0.2) is 0 Å². The largest absolute Gasteiger partial charge is 0.493 e. The van der Waals surface area contributed by atoms with Gasteiger partial charge in [-0.15, -0.1) is 0 Å². The Labute approximate surface area is 110 Å². The summed E-state index contributed by atoms with van der Waals surface area (Å²) in [4.78, 5) is 0. The molecule has 0 heterocycles. The quantitative estimate of drug-likeness (QED) is 0.875. The molecule has 3 nitrogen and oxygen atoms in total. The molecular weight excluding hydrogens is 228 g/mol. The molecule has 0 unspecified atom stereocenters. The van der Waals surface area contributed by atoms with Crippen molar-refractivity contribution in [2.24, 2.45) is 0 Å². The van der Waals surface area contributed by atoms with E-state index < -0.39 is 0 Å². The van der Waals surface area contributed by atoms with Gasteiger partial charge in [-0.2, -0.15) is 0 Å². The standard InChI is InChI=1S/C15H24O3/c1-10(2)11-7-12(15(3,4)9-16)14(18-6)13(8-11)17-5/h7-8,10,16H,9H2,1-6H3. The number of methoxy groups -OCH3 is 2. The van der Waals surface area contributed by atoms with Crippen LogP contribution in [-0.4, -0.2) is 25.9 Å². The summed E-state index contributed by atoms with van der Waals surface area (Å²) in [6.45, 7) is 8.32. The lowest BCUT2D eigenvalue weighted by molar-refractivity contribution is 0.213. The molecule has 0 bridgehead atoms. The molecule has 18 heavy (non-hydrogen) atoms. The topological polar surface area (TPSA) is 38.7 Å². The minimum absolute atomic E-state index is 0.0636. The van der Waals surface area contributed by atoms with E-state index in [1.165, 1.54) is 5.56 Å². The van der Waals surface area contributed by atoms with Crippen molar-refractivity contribution < 1.29 is 14.6 Å². The fraction of sp³-hybridized carbons (Fsp3) is 0.600. The Hall–Kier alpha value is -1.22. The van der Waals surface area contributed by atoms with E-state index in [0.29, 0.717) is 11.7 Å². The first-order valence-electron chi connectivity index (χ1n) is 6.24. The van der Waals surface area contributed by atoms with Crippen LogP contribution >= 0.6 is 0 Å². The Balaban J connectivity index is 3.50. The third-order valence-electron chi connectivity index (χ3n) is 3.29. The average molecular weight is 252 g/mol. The van der Waals surface area contributed by atoms with Gasteiger partial charge in [0.05, 0.1) is 20.8 Å². The van der Waals surface area contributed by atoms with Crippen molar-refractivity contribution in [1.82, 2.24) is 0 Å². The maximum Gasteiger partial charge on any atom is 0.164 e. The van der Waals surface area contributed by atoms with Crippen molar-refractivity contribution in [2.75, 3.05) is 20.8 Å². The van der Waals surface area contributed by atoms with Gasteiger partial charge in [0, 0.05) is 11.0 Å². The van der Waals surface area contributed by atoms with Gasteiger partial charge >= 0.3 is 0 Å². The van der Waals surface area contributed by atoms with Crippen LogP contribution in [0.15, 0.2) is 12.1 Å². The Morgan fingerprint density at radius 1 is 1.17 bits per heavy atom. The molecule has 0 amide bonds. The van der Waals surface area contributed by atoms with Crippen molar-refractivity contribution in [2.45, 2.75) is 39.0 Å². The van der Waals surface area contributed by atoms with Crippen LogP contribution in [-0.2, 0) is 5.41 Å². The first-order valence-corrected chi connectivity index (χ1v) is 6.24. The van der Waals surface area contributed by atoms with Crippen LogP contribution in [0.1, 0.15) is 44.7 Å². The van der Waals surface area contributed by atoms with Gasteiger partial charge in [0.2, 0.25) is 0 Å². The molecule has 1 aromatic rings. The highest BCUT2D eigenvalue weighted by atomic mass is 16.5. The SMILES string of the molecule is COc1cc(C(C)C)cc(C(C)(C)CO)c1OC. The first kappa shape index (κ1) is 14.8. The fourth-order valence-electron chi connectivity index (χ4n) is 1.91. The van der Waals surface area contributed by atoms with E-state index >= 15 is 0 Å². The van der Waals surface area contributed by atoms with Crippen molar-refractivity contribution in [3.8, 4) is 11.5 Å². The molecule has 0 fully saturated rings. The van der Waals surface area contributed by atoms with Crippen molar-refractivity contribution in [3.63, 3.8) is 0 Å². The number of rotatable bonds is 5. The van der Waals surface area contributed by atoms with E-state index in [2.05, 4.69) is 19.9 Å². The highest BCUT2D eigenvalue weighted by Crippen LogP contribution is 2.40. The van der Waals surface area contributed by atoms with E-state index in [1.807, 2.05) is 19.9 Å². The van der Waals surface area contributed by atoms with Gasteiger partial charge in [-0.1, -0.05) is 33.8 Å². The van der Waals surface area contributed by atoms with Gasteiger partial charge in [0.1, 0.15) is 0 Å². The first-order chi connectivity index (χ1) is 8.37. The molecule has 0 atom stereocenters. The van der Waals surface area contributed by atoms with Crippen LogP contribution in [0.2, 0.25) is 0 Å². The Kier molecular flexibility index (Phi) is 4.63. The smallest absolute Gasteiger partial charge is 0.164 e. The van der Waals surface area contributed by atoms with Crippen molar-refractivity contribution >= 4 is 0 Å². The molecule has 0 saturated carbocycles. The summed E-state index contributed by atoms with van der Waals surface area (Å²) in [5, 5.41) is 9.56. The predicted molar refractivity (Wildman–Crippen MR) is 73.7 cm³/mol. The molecule has 0 saturated heterocycles. The second-order valence-corrected chi connectivity index (χ2v) is 5.50. The zero-order valence-corrected chi connectivity index (χ0v) is 12.2. The molecule has 0 aliphatic rings. The number of ether oxygens (including phenoxy) is 2. The number of benzene rings is 1. The van der Waals surface area contributed by atoms with Crippen molar-refractivity contribution in [3.05, 3.63) is 23.3 Å².